The molecule has 1 rings (SSSR count). The number of carbonyl (C=O) groups is 1. The summed E-state index contributed by atoms with van der Waals surface area (Å²) in [6.07, 6.45) is 0.768. The molecule has 1 aliphatic heterocycles. The highest BCUT2D eigenvalue weighted by molar-refractivity contribution is 5.82. The topological polar surface area (TPSA) is 49.6 Å². The van der Waals surface area contributed by atoms with Crippen molar-refractivity contribution in [2.24, 2.45) is 11.7 Å². The molecule has 2 atom stereocenters. The molecule has 0 saturated carbocycles. The quantitative estimate of drug-likeness (QED) is 0.725. The molecule has 0 radical (unpaired) electrons. The van der Waals surface area contributed by atoms with Crippen LogP contribution in [0.1, 0.15) is 20.3 Å². The Morgan fingerprint density at radius 3 is 2.67 bits per heavy atom. The zero-order valence-electron chi connectivity index (χ0n) is 10.1. The fourth-order valence-corrected chi connectivity index (χ4v) is 2.37. The molecule has 1 aliphatic rings. The number of carbonyl (C=O) groups excluding carboxylic acids is 1. The Labute approximate surface area is 92.4 Å². The van der Waals surface area contributed by atoms with Gasteiger partial charge in [0.2, 0.25) is 5.91 Å². The van der Waals surface area contributed by atoms with Crippen molar-refractivity contribution in [2.75, 3.05) is 33.2 Å². The second-order valence-electron chi connectivity index (χ2n) is 4.50. The predicted molar refractivity (Wildman–Crippen MR) is 61.5 cm³/mol. The maximum Gasteiger partial charge on any atom is 0.239 e. The first-order valence-electron chi connectivity index (χ1n) is 5.79. The van der Waals surface area contributed by atoms with Gasteiger partial charge in [-0.1, -0.05) is 13.8 Å². The Balaban J connectivity index is 2.80. The lowest BCUT2D eigenvalue weighted by molar-refractivity contribution is -0.134. The number of likely N-dealkylation sites (N-methyl/N-ethyl adjacent to an activating group) is 2. The van der Waals surface area contributed by atoms with E-state index in [0.29, 0.717) is 12.5 Å². The number of nitrogens with zero attached hydrogens (tertiary/aromatic N) is 2. The van der Waals surface area contributed by atoms with E-state index >= 15 is 0 Å². The van der Waals surface area contributed by atoms with Crippen LogP contribution in [0.25, 0.3) is 0 Å². The van der Waals surface area contributed by atoms with Gasteiger partial charge in [-0.25, -0.2) is 0 Å². The number of rotatable bonds is 3. The first kappa shape index (κ1) is 12.5. The molecule has 0 spiro atoms. The fraction of sp³-hybridized carbons (Fsp3) is 0.909. The van der Waals surface area contributed by atoms with Crippen LogP contribution in [-0.4, -0.2) is 55.0 Å². The molecule has 1 amide bonds. The van der Waals surface area contributed by atoms with Crippen molar-refractivity contribution < 1.29 is 4.79 Å². The highest BCUT2D eigenvalue weighted by Crippen LogP contribution is 2.15. The minimum absolute atomic E-state index is 0.00468. The lowest BCUT2D eigenvalue weighted by atomic mass is 10.1. The Morgan fingerprint density at radius 1 is 1.47 bits per heavy atom. The van der Waals surface area contributed by atoms with E-state index in [4.69, 9.17) is 5.73 Å². The van der Waals surface area contributed by atoms with Gasteiger partial charge in [0.25, 0.3) is 0 Å². The third kappa shape index (κ3) is 2.92. The molecular formula is C11H23N3O. The van der Waals surface area contributed by atoms with Crippen LogP contribution in [0.3, 0.4) is 0 Å². The minimum Gasteiger partial charge on any atom is -0.344 e. The maximum atomic E-state index is 12.1. The summed E-state index contributed by atoms with van der Waals surface area (Å²) in [5.74, 6) is 0.772. The summed E-state index contributed by atoms with van der Waals surface area (Å²) in [6.45, 7) is 7.66. The second-order valence-corrected chi connectivity index (χ2v) is 4.50. The fourth-order valence-electron chi connectivity index (χ4n) is 2.37. The van der Waals surface area contributed by atoms with Crippen LogP contribution in [-0.2, 0) is 4.79 Å². The standard InChI is InChI=1S/C11H23N3O/c1-4-14-8-9(2)7-13(3)11(15)10(14)5-6-12/h9-10H,4-8,12H2,1-3H3. The number of nitrogens with two attached hydrogens (primary N) is 1. The van der Waals surface area contributed by atoms with Gasteiger partial charge in [0.15, 0.2) is 0 Å². The molecule has 4 heteroatoms. The zero-order valence-corrected chi connectivity index (χ0v) is 10.1. The van der Waals surface area contributed by atoms with Gasteiger partial charge in [0, 0.05) is 20.1 Å². The van der Waals surface area contributed by atoms with E-state index < -0.39 is 0 Å². The average molecular weight is 213 g/mol. The number of hydrogen-bond donors (Lipinski definition) is 1. The molecule has 1 saturated heterocycles. The predicted octanol–water partition coefficient (Wildman–Crippen LogP) is 0.134. The van der Waals surface area contributed by atoms with Gasteiger partial charge in [-0.2, -0.15) is 0 Å². The summed E-state index contributed by atoms with van der Waals surface area (Å²) in [7, 11) is 1.89. The lowest BCUT2D eigenvalue weighted by Gasteiger charge is -2.28. The molecule has 0 bridgehead atoms. The lowest BCUT2D eigenvalue weighted by Crippen LogP contribution is -2.45. The molecule has 1 fully saturated rings. The zero-order chi connectivity index (χ0) is 11.4. The third-order valence-corrected chi connectivity index (χ3v) is 3.08. The molecule has 0 aromatic heterocycles. The van der Waals surface area contributed by atoms with E-state index in [1.807, 2.05) is 11.9 Å². The Morgan fingerprint density at radius 2 is 2.13 bits per heavy atom. The van der Waals surface area contributed by atoms with Crippen molar-refractivity contribution in [1.82, 2.24) is 9.80 Å². The van der Waals surface area contributed by atoms with Crippen molar-refractivity contribution in [1.29, 1.82) is 0 Å². The van der Waals surface area contributed by atoms with E-state index in [2.05, 4.69) is 18.7 Å². The third-order valence-electron chi connectivity index (χ3n) is 3.08. The highest BCUT2D eigenvalue weighted by Gasteiger charge is 2.31. The van der Waals surface area contributed by atoms with Gasteiger partial charge in [0.1, 0.15) is 0 Å². The summed E-state index contributed by atoms with van der Waals surface area (Å²) in [5, 5.41) is 0. The van der Waals surface area contributed by atoms with Gasteiger partial charge in [0.05, 0.1) is 6.04 Å². The van der Waals surface area contributed by atoms with E-state index in [0.717, 1.165) is 26.1 Å². The SMILES string of the molecule is CCN1CC(C)CN(C)C(=O)C1CCN. The number of amides is 1. The average Bonchev–Trinajstić information content (AvgIpc) is 2.30. The summed E-state index contributed by atoms with van der Waals surface area (Å²) >= 11 is 0. The molecule has 0 aromatic carbocycles. The van der Waals surface area contributed by atoms with Crippen LogP contribution >= 0.6 is 0 Å². The smallest absolute Gasteiger partial charge is 0.239 e. The van der Waals surface area contributed by atoms with Crippen LogP contribution in [0.5, 0.6) is 0 Å². The normalized spacial score (nSPS) is 29.3. The van der Waals surface area contributed by atoms with Crippen molar-refractivity contribution in [3.05, 3.63) is 0 Å². The summed E-state index contributed by atoms with van der Waals surface area (Å²) in [4.78, 5) is 16.2. The van der Waals surface area contributed by atoms with E-state index in [-0.39, 0.29) is 11.9 Å². The van der Waals surface area contributed by atoms with Crippen LogP contribution < -0.4 is 5.73 Å². The Kier molecular flexibility index (Phi) is 4.54. The van der Waals surface area contributed by atoms with Crippen LogP contribution in [0, 0.1) is 5.92 Å². The van der Waals surface area contributed by atoms with Crippen LogP contribution in [0.2, 0.25) is 0 Å². The second kappa shape index (κ2) is 5.47. The van der Waals surface area contributed by atoms with Gasteiger partial charge in [-0.3, -0.25) is 9.69 Å². The van der Waals surface area contributed by atoms with E-state index in [9.17, 15) is 4.79 Å². The molecule has 88 valence electrons. The molecule has 0 aliphatic carbocycles. The van der Waals surface area contributed by atoms with Crippen molar-refractivity contribution >= 4 is 5.91 Å². The highest BCUT2D eigenvalue weighted by atomic mass is 16.2. The van der Waals surface area contributed by atoms with Crippen molar-refractivity contribution in [3.8, 4) is 0 Å². The number of hydrogen-bond acceptors (Lipinski definition) is 3. The van der Waals surface area contributed by atoms with Crippen LogP contribution in [0.15, 0.2) is 0 Å². The van der Waals surface area contributed by atoms with Crippen molar-refractivity contribution in [2.45, 2.75) is 26.3 Å². The largest absolute Gasteiger partial charge is 0.344 e. The Bertz CT molecular complexity index is 220. The maximum absolute atomic E-state index is 12.1. The van der Waals surface area contributed by atoms with Gasteiger partial charge >= 0.3 is 0 Å². The van der Waals surface area contributed by atoms with E-state index in [1.54, 1.807) is 0 Å². The minimum atomic E-state index is -0.00468. The van der Waals surface area contributed by atoms with Crippen molar-refractivity contribution in [3.63, 3.8) is 0 Å². The molecule has 1 heterocycles. The summed E-state index contributed by atoms with van der Waals surface area (Å²) in [6, 6.07) is -0.00468. The first-order chi connectivity index (χ1) is 7.10. The molecule has 0 aromatic rings. The van der Waals surface area contributed by atoms with Gasteiger partial charge in [-0.05, 0) is 25.4 Å². The monoisotopic (exact) mass is 213 g/mol. The molecule has 4 nitrogen and oxygen atoms in total. The van der Waals surface area contributed by atoms with E-state index in [1.165, 1.54) is 0 Å². The molecule has 2 N–H and O–H groups in total. The molecular weight excluding hydrogens is 190 g/mol. The summed E-state index contributed by atoms with van der Waals surface area (Å²) < 4.78 is 0. The Hall–Kier alpha value is -0.610. The molecule has 15 heavy (non-hydrogen) atoms. The molecule has 2 unspecified atom stereocenters. The van der Waals surface area contributed by atoms with Crippen LogP contribution in [0.4, 0.5) is 0 Å². The summed E-state index contributed by atoms with van der Waals surface area (Å²) in [5.41, 5.74) is 5.57. The van der Waals surface area contributed by atoms with Gasteiger partial charge in [-0.15, -0.1) is 0 Å². The van der Waals surface area contributed by atoms with Gasteiger partial charge < -0.3 is 10.6 Å². The first-order valence-corrected chi connectivity index (χ1v) is 5.79.